The summed E-state index contributed by atoms with van der Waals surface area (Å²) in [6, 6.07) is 0. The molecule has 2 atom stereocenters. The van der Waals surface area contributed by atoms with Gasteiger partial charge in [-0.3, -0.25) is 0 Å². The van der Waals surface area contributed by atoms with Gasteiger partial charge in [0.25, 0.3) is 0 Å². The maximum Gasteiger partial charge on any atom is -0.00720 e. The van der Waals surface area contributed by atoms with Gasteiger partial charge in [0.15, 0.2) is 0 Å². The van der Waals surface area contributed by atoms with Gasteiger partial charge < -0.3 is 0 Å². The first-order valence-corrected chi connectivity index (χ1v) is 4.76. The molecule has 0 aromatic heterocycles. The van der Waals surface area contributed by atoms with Gasteiger partial charge in [-0.05, 0) is 30.8 Å². The van der Waals surface area contributed by atoms with Crippen LogP contribution in [-0.2, 0) is 0 Å². The number of rotatable bonds is 0. The molecular formula is C8H11P. The molecule has 9 heavy (non-hydrogen) atoms. The Kier molecular flexibility index (Phi) is 1.43. The molecule has 1 heterocycles. The van der Waals surface area contributed by atoms with E-state index in [4.69, 9.17) is 0 Å². The predicted molar refractivity (Wildman–Crippen MR) is 43.2 cm³/mol. The highest BCUT2D eigenvalue weighted by Crippen LogP contribution is 2.32. The molecule has 0 saturated carbocycles. The predicted octanol–water partition coefficient (Wildman–Crippen LogP) is 2.33. The summed E-state index contributed by atoms with van der Waals surface area (Å²) in [6.07, 6.45) is 8.76. The van der Waals surface area contributed by atoms with Crippen molar-refractivity contribution < 1.29 is 0 Å². The van der Waals surface area contributed by atoms with Crippen LogP contribution in [0.3, 0.4) is 0 Å². The average Bonchev–Trinajstić information content (AvgIpc) is 2.33. The molecule has 1 aliphatic heterocycles. The minimum atomic E-state index is 0.941. The molecular weight excluding hydrogens is 127 g/mol. The molecule has 0 nitrogen and oxygen atoms in total. The summed E-state index contributed by atoms with van der Waals surface area (Å²) in [5, 5.41) is 0. The molecule has 1 heteroatoms. The molecule has 0 spiro atoms. The Morgan fingerprint density at radius 2 is 2.11 bits per heavy atom. The van der Waals surface area contributed by atoms with Crippen molar-refractivity contribution in [2.45, 2.75) is 12.8 Å². The SMILES string of the molecule is C1=CCC2CP=CC2C1. The van der Waals surface area contributed by atoms with Crippen molar-refractivity contribution in [2.24, 2.45) is 11.8 Å². The van der Waals surface area contributed by atoms with Gasteiger partial charge >= 0.3 is 0 Å². The van der Waals surface area contributed by atoms with Crippen LogP contribution >= 0.6 is 8.20 Å². The first-order valence-electron chi connectivity index (χ1n) is 3.62. The van der Waals surface area contributed by atoms with Crippen molar-refractivity contribution in [1.82, 2.24) is 0 Å². The summed E-state index contributed by atoms with van der Waals surface area (Å²) in [5.74, 6) is 4.43. The van der Waals surface area contributed by atoms with Gasteiger partial charge in [0, 0.05) is 0 Å². The zero-order valence-electron chi connectivity index (χ0n) is 5.46. The van der Waals surface area contributed by atoms with Crippen LogP contribution in [0.2, 0.25) is 0 Å². The van der Waals surface area contributed by atoms with Crippen molar-refractivity contribution in [3.63, 3.8) is 0 Å². The zero-order chi connectivity index (χ0) is 6.10. The number of hydrogen-bond donors (Lipinski definition) is 0. The summed E-state index contributed by atoms with van der Waals surface area (Å²) >= 11 is 0. The van der Waals surface area contributed by atoms with Crippen molar-refractivity contribution in [1.29, 1.82) is 0 Å². The molecule has 0 radical (unpaired) electrons. The number of hydrogen-bond acceptors (Lipinski definition) is 0. The molecule has 48 valence electrons. The van der Waals surface area contributed by atoms with Gasteiger partial charge in [-0.2, -0.15) is 0 Å². The van der Waals surface area contributed by atoms with Crippen LogP contribution in [0.5, 0.6) is 0 Å². The van der Waals surface area contributed by atoms with E-state index in [0.717, 1.165) is 11.8 Å². The van der Waals surface area contributed by atoms with Crippen molar-refractivity contribution in [2.75, 3.05) is 6.16 Å². The lowest BCUT2D eigenvalue weighted by Crippen LogP contribution is -2.14. The second kappa shape index (κ2) is 2.27. The molecule has 0 fully saturated rings. The summed E-state index contributed by atoms with van der Waals surface area (Å²) in [7, 11) is 1.59. The van der Waals surface area contributed by atoms with Crippen LogP contribution in [0, 0.1) is 11.8 Å². The first kappa shape index (κ1) is 5.68. The van der Waals surface area contributed by atoms with Crippen LogP contribution in [0.4, 0.5) is 0 Å². The van der Waals surface area contributed by atoms with E-state index in [1.165, 1.54) is 19.0 Å². The largest absolute Gasteiger partial charge is 0.108 e. The van der Waals surface area contributed by atoms with E-state index in [-0.39, 0.29) is 0 Å². The minimum absolute atomic E-state index is 0.941. The molecule has 0 aromatic rings. The summed E-state index contributed by atoms with van der Waals surface area (Å²) < 4.78 is 0. The van der Waals surface area contributed by atoms with Crippen LogP contribution < -0.4 is 0 Å². The zero-order valence-corrected chi connectivity index (χ0v) is 6.35. The quantitative estimate of drug-likeness (QED) is 0.356. The Hall–Kier alpha value is -0.0900. The highest BCUT2D eigenvalue weighted by molar-refractivity contribution is 7.39. The molecule has 0 amide bonds. The fourth-order valence-corrected chi connectivity index (χ4v) is 3.06. The molecule has 0 aromatic carbocycles. The van der Waals surface area contributed by atoms with Gasteiger partial charge in [-0.1, -0.05) is 17.9 Å². The third-order valence-electron chi connectivity index (χ3n) is 2.26. The maximum atomic E-state index is 2.48. The molecule has 1 aliphatic carbocycles. The van der Waals surface area contributed by atoms with Gasteiger partial charge in [0.2, 0.25) is 0 Å². The Balaban J connectivity index is 2.13. The minimum Gasteiger partial charge on any atom is -0.108 e. The molecule has 2 rings (SSSR count). The number of fused-ring (bicyclic) bond motifs is 1. The van der Waals surface area contributed by atoms with Gasteiger partial charge in [0.05, 0.1) is 0 Å². The first-order chi connectivity index (χ1) is 4.47. The van der Waals surface area contributed by atoms with Gasteiger partial charge in [-0.25, -0.2) is 0 Å². The fraction of sp³-hybridized carbons (Fsp3) is 0.625. The molecule has 2 unspecified atom stereocenters. The van der Waals surface area contributed by atoms with E-state index in [1.54, 1.807) is 8.20 Å². The third-order valence-corrected chi connectivity index (χ3v) is 3.53. The standard InChI is InChI=1S/C8H11P/c1-2-4-8-6-9-5-7(8)3-1/h1-2,5,7-8H,3-4,6H2. The smallest absolute Gasteiger partial charge is 0.00720 e. The van der Waals surface area contributed by atoms with E-state index in [9.17, 15) is 0 Å². The Bertz CT molecular complexity index is 158. The van der Waals surface area contributed by atoms with Gasteiger partial charge in [-0.15, -0.1) is 8.20 Å². The average molecular weight is 138 g/mol. The molecule has 0 saturated heterocycles. The maximum absolute atomic E-state index is 2.48. The molecule has 2 aliphatic rings. The van der Waals surface area contributed by atoms with E-state index in [0.29, 0.717) is 0 Å². The topological polar surface area (TPSA) is 0 Å². The summed E-state index contributed by atoms with van der Waals surface area (Å²) in [4.78, 5) is 0. The Morgan fingerprint density at radius 3 is 3.00 bits per heavy atom. The Labute approximate surface area is 57.8 Å². The fourth-order valence-electron chi connectivity index (χ4n) is 1.62. The lowest BCUT2D eigenvalue weighted by atomic mass is 9.86. The monoisotopic (exact) mass is 138 g/mol. The van der Waals surface area contributed by atoms with Crippen molar-refractivity contribution in [3.05, 3.63) is 12.2 Å². The second-order valence-corrected chi connectivity index (χ2v) is 3.91. The highest BCUT2D eigenvalue weighted by atomic mass is 31.1. The Morgan fingerprint density at radius 1 is 1.22 bits per heavy atom. The summed E-state index contributed by atoms with van der Waals surface area (Å²) in [5.41, 5.74) is 0. The highest BCUT2D eigenvalue weighted by Gasteiger charge is 2.22. The van der Waals surface area contributed by atoms with E-state index >= 15 is 0 Å². The van der Waals surface area contributed by atoms with E-state index in [2.05, 4.69) is 17.9 Å². The van der Waals surface area contributed by atoms with Crippen molar-refractivity contribution >= 4 is 14.0 Å². The van der Waals surface area contributed by atoms with Gasteiger partial charge in [0.1, 0.15) is 0 Å². The third kappa shape index (κ3) is 0.966. The normalized spacial score (nSPS) is 40.9. The lowest BCUT2D eigenvalue weighted by Gasteiger charge is -2.18. The van der Waals surface area contributed by atoms with Crippen molar-refractivity contribution in [3.8, 4) is 0 Å². The van der Waals surface area contributed by atoms with Crippen LogP contribution in [-0.4, -0.2) is 12.0 Å². The van der Waals surface area contributed by atoms with Crippen LogP contribution in [0.1, 0.15) is 12.8 Å². The summed E-state index contributed by atoms with van der Waals surface area (Å²) in [6.45, 7) is 0. The number of allylic oxidation sites excluding steroid dienone is 2. The van der Waals surface area contributed by atoms with Crippen LogP contribution in [0.15, 0.2) is 12.2 Å². The molecule has 0 N–H and O–H groups in total. The second-order valence-electron chi connectivity index (χ2n) is 2.88. The van der Waals surface area contributed by atoms with Crippen LogP contribution in [0.25, 0.3) is 0 Å². The molecule has 0 bridgehead atoms. The van der Waals surface area contributed by atoms with E-state index < -0.39 is 0 Å². The van der Waals surface area contributed by atoms with E-state index in [1.807, 2.05) is 0 Å². The lowest BCUT2D eigenvalue weighted by molar-refractivity contribution is 0.469.